The van der Waals surface area contributed by atoms with Gasteiger partial charge in [0.05, 0.1) is 0 Å². The maximum atomic E-state index is 12.4. The lowest BCUT2D eigenvalue weighted by Crippen LogP contribution is -2.39. The van der Waals surface area contributed by atoms with E-state index in [-0.39, 0.29) is 29.7 Å². The largest absolute Gasteiger partial charge is 0.434 e. The van der Waals surface area contributed by atoms with E-state index in [0.29, 0.717) is 28.3 Å². The predicted octanol–water partition coefficient (Wildman–Crippen LogP) is 4.12. The summed E-state index contributed by atoms with van der Waals surface area (Å²) in [7, 11) is 1.67. The number of halogens is 4. The van der Waals surface area contributed by atoms with E-state index in [4.69, 9.17) is 11.6 Å². The number of nitrogens with one attached hydrogen (secondary N) is 2. The number of rotatable bonds is 6. The van der Waals surface area contributed by atoms with E-state index < -0.39 is 6.61 Å². The molecule has 1 unspecified atom stereocenters. The van der Waals surface area contributed by atoms with E-state index in [9.17, 15) is 8.78 Å². The van der Waals surface area contributed by atoms with Crippen LogP contribution in [0.4, 0.5) is 8.78 Å². The third-order valence-electron chi connectivity index (χ3n) is 3.43. The van der Waals surface area contributed by atoms with Crippen molar-refractivity contribution in [3.05, 3.63) is 28.8 Å². The fraction of sp³-hybridized carbons (Fsp3) is 0.533. The van der Waals surface area contributed by atoms with Crippen molar-refractivity contribution in [2.45, 2.75) is 31.2 Å². The lowest BCUT2D eigenvalue weighted by molar-refractivity contribution is -0.0504. The molecule has 1 saturated heterocycles. The van der Waals surface area contributed by atoms with Crippen LogP contribution >= 0.6 is 47.3 Å². The first kappa shape index (κ1) is 21.6. The van der Waals surface area contributed by atoms with Crippen molar-refractivity contribution in [2.75, 3.05) is 19.3 Å². The third kappa shape index (κ3) is 7.18. The Kier molecular flexibility index (Phi) is 10.1. The molecule has 4 nitrogen and oxygen atoms in total. The van der Waals surface area contributed by atoms with Gasteiger partial charge in [-0.3, -0.25) is 4.99 Å². The van der Waals surface area contributed by atoms with Crippen LogP contribution in [-0.4, -0.2) is 37.2 Å². The Balaban J connectivity index is 0.00000288. The van der Waals surface area contributed by atoms with Crippen molar-refractivity contribution >= 4 is 53.3 Å². The Labute approximate surface area is 167 Å². The molecule has 24 heavy (non-hydrogen) atoms. The average molecular weight is 492 g/mol. The smallest absolute Gasteiger partial charge is 0.387 e. The fourth-order valence-corrected chi connectivity index (χ4v) is 3.71. The molecular weight excluding hydrogens is 471 g/mol. The highest BCUT2D eigenvalue weighted by Crippen LogP contribution is 2.25. The quantitative estimate of drug-likeness (QED) is 0.357. The SMILES string of the molecule is CN=C(NCc1cc(Cl)ccc1OC(F)F)NCC1CCCS1.I. The summed E-state index contributed by atoms with van der Waals surface area (Å²) in [5.74, 6) is 1.94. The molecular formula is C15H21ClF2IN3OS. The summed E-state index contributed by atoms with van der Waals surface area (Å²) >= 11 is 7.88. The maximum Gasteiger partial charge on any atom is 0.387 e. The third-order valence-corrected chi connectivity index (χ3v) is 5.06. The van der Waals surface area contributed by atoms with Crippen LogP contribution in [0.25, 0.3) is 0 Å². The predicted molar refractivity (Wildman–Crippen MR) is 107 cm³/mol. The molecule has 0 bridgehead atoms. The van der Waals surface area contributed by atoms with Gasteiger partial charge in [0, 0.05) is 36.0 Å². The first-order valence-electron chi connectivity index (χ1n) is 7.38. The van der Waals surface area contributed by atoms with Gasteiger partial charge < -0.3 is 15.4 Å². The van der Waals surface area contributed by atoms with Crippen molar-refractivity contribution in [1.82, 2.24) is 10.6 Å². The summed E-state index contributed by atoms with van der Waals surface area (Å²) in [5, 5.41) is 7.41. The number of nitrogens with zero attached hydrogens (tertiary/aromatic N) is 1. The highest BCUT2D eigenvalue weighted by molar-refractivity contribution is 14.0. The highest BCUT2D eigenvalue weighted by atomic mass is 127. The summed E-state index contributed by atoms with van der Waals surface area (Å²) in [6.07, 6.45) is 2.45. The van der Waals surface area contributed by atoms with Crippen LogP contribution in [0.3, 0.4) is 0 Å². The van der Waals surface area contributed by atoms with Gasteiger partial charge >= 0.3 is 6.61 Å². The molecule has 0 saturated carbocycles. The molecule has 1 heterocycles. The number of benzene rings is 1. The molecule has 0 aromatic heterocycles. The normalized spacial score (nSPS) is 17.5. The van der Waals surface area contributed by atoms with Crippen LogP contribution in [0.1, 0.15) is 18.4 Å². The first-order chi connectivity index (χ1) is 11.1. The summed E-state index contributed by atoms with van der Waals surface area (Å²) in [6, 6.07) is 4.57. The van der Waals surface area contributed by atoms with Gasteiger partial charge in [-0.2, -0.15) is 20.5 Å². The second-order valence-electron chi connectivity index (χ2n) is 5.07. The van der Waals surface area contributed by atoms with Crippen LogP contribution < -0.4 is 15.4 Å². The summed E-state index contributed by atoms with van der Waals surface area (Å²) < 4.78 is 29.4. The molecule has 2 rings (SSSR count). The molecule has 0 radical (unpaired) electrons. The van der Waals surface area contributed by atoms with Crippen molar-refractivity contribution < 1.29 is 13.5 Å². The Hall–Kier alpha value is -0.480. The average Bonchev–Trinajstić information content (AvgIpc) is 3.03. The summed E-state index contributed by atoms with van der Waals surface area (Å²) in [5.41, 5.74) is 0.552. The molecule has 1 aliphatic rings. The van der Waals surface area contributed by atoms with Crippen LogP contribution in [0.5, 0.6) is 5.75 Å². The van der Waals surface area contributed by atoms with E-state index in [1.165, 1.54) is 30.7 Å². The number of thioether (sulfide) groups is 1. The minimum absolute atomic E-state index is 0. The van der Waals surface area contributed by atoms with Crippen molar-refractivity contribution in [1.29, 1.82) is 0 Å². The molecule has 0 amide bonds. The maximum absolute atomic E-state index is 12.4. The van der Waals surface area contributed by atoms with Gasteiger partial charge in [-0.15, -0.1) is 24.0 Å². The molecule has 0 aliphatic carbocycles. The van der Waals surface area contributed by atoms with E-state index >= 15 is 0 Å². The van der Waals surface area contributed by atoms with E-state index in [1.54, 1.807) is 13.1 Å². The van der Waals surface area contributed by atoms with E-state index in [0.717, 1.165) is 6.54 Å². The first-order valence-corrected chi connectivity index (χ1v) is 8.80. The minimum atomic E-state index is -2.87. The standard InChI is InChI=1S/C15H20ClF2N3OS.HI/c1-19-15(21-9-12-3-2-6-23-12)20-8-10-7-11(16)4-5-13(10)22-14(17)18;/h4-5,7,12,14H,2-3,6,8-9H2,1H3,(H2,19,20,21);1H. The van der Waals surface area contributed by atoms with Crippen LogP contribution in [-0.2, 0) is 6.54 Å². The molecule has 1 fully saturated rings. The second kappa shape index (κ2) is 11.2. The molecule has 0 spiro atoms. The van der Waals surface area contributed by atoms with E-state index in [1.807, 2.05) is 11.8 Å². The van der Waals surface area contributed by atoms with Gasteiger partial charge in [0.2, 0.25) is 0 Å². The number of aliphatic imine (C=N–C) groups is 1. The molecule has 1 aliphatic heterocycles. The molecule has 1 aromatic carbocycles. The molecule has 136 valence electrons. The van der Waals surface area contributed by atoms with Crippen molar-refractivity contribution in [3.63, 3.8) is 0 Å². The Morgan fingerprint density at radius 1 is 1.46 bits per heavy atom. The number of hydrogen-bond acceptors (Lipinski definition) is 3. The monoisotopic (exact) mass is 491 g/mol. The zero-order valence-corrected chi connectivity index (χ0v) is 17.1. The molecule has 9 heteroatoms. The fourth-order valence-electron chi connectivity index (χ4n) is 2.31. The second-order valence-corrected chi connectivity index (χ2v) is 6.92. The Bertz CT molecular complexity index is 545. The van der Waals surface area contributed by atoms with Gasteiger partial charge in [-0.25, -0.2) is 0 Å². The van der Waals surface area contributed by atoms with Crippen LogP contribution in [0, 0.1) is 0 Å². The summed E-state index contributed by atoms with van der Waals surface area (Å²) in [4.78, 5) is 4.14. The van der Waals surface area contributed by atoms with Crippen LogP contribution in [0.2, 0.25) is 5.02 Å². The van der Waals surface area contributed by atoms with Crippen LogP contribution in [0.15, 0.2) is 23.2 Å². The van der Waals surface area contributed by atoms with E-state index in [2.05, 4.69) is 20.4 Å². The topological polar surface area (TPSA) is 45.7 Å². The zero-order valence-electron chi connectivity index (χ0n) is 13.2. The number of hydrogen-bond donors (Lipinski definition) is 2. The lowest BCUT2D eigenvalue weighted by atomic mass is 10.2. The van der Waals surface area contributed by atoms with Gasteiger partial charge in [-0.05, 0) is 36.8 Å². The van der Waals surface area contributed by atoms with Gasteiger partial charge in [0.15, 0.2) is 5.96 Å². The highest BCUT2D eigenvalue weighted by Gasteiger charge is 2.16. The zero-order chi connectivity index (χ0) is 16.7. The molecule has 2 N–H and O–H groups in total. The molecule has 1 aromatic rings. The van der Waals surface area contributed by atoms with Crippen molar-refractivity contribution in [2.24, 2.45) is 4.99 Å². The summed E-state index contributed by atoms with van der Waals surface area (Å²) in [6.45, 7) is -1.74. The Morgan fingerprint density at radius 2 is 2.25 bits per heavy atom. The minimum Gasteiger partial charge on any atom is -0.434 e. The lowest BCUT2D eigenvalue weighted by Gasteiger charge is -2.16. The Morgan fingerprint density at radius 3 is 2.88 bits per heavy atom. The molecule has 1 atom stereocenters. The number of ether oxygens (including phenoxy) is 1. The van der Waals surface area contributed by atoms with Gasteiger partial charge in [0.25, 0.3) is 0 Å². The van der Waals surface area contributed by atoms with Gasteiger partial charge in [-0.1, -0.05) is 11.6 Å². The van der Waals surface area contributed by atoms with Crippen molar-refractivity contribution in [3.8, 4) is 5.75 Å². The number of alkyl halides is 2. The number of guanidine groups is 1. The van der Waals surface area contributed by atoms with Gasteiger partial charge in [0.1, 0.15) is 5.75 Å².